The van der Waals surface area contributed by atoms with Gasteiger partial charge in [0.25, 0.3) is 0 Å². The molecule has 2 aromatic rings. The number of nitrogens with zero attached hydrogens (tertiary/aromatic N) is 2. The smallest absolute Gasteiger partial charge is 0.225 e. The molecule has 1 aromatic heterocycles. The van der Waals surface area contributed by atoms with E-state index < -0.39 is 0 Å². The highest BCUT2D eigenvalue weighted by Gasteiger charge is 2.07. The van der Waals surface area contributed by atoms with E-state index in [9.17, 15) is 4.79 Å². The molecule has 22 heavy (non-hydrogen) atoms. The van der Waals surface area contributed by atoms with E-state index in [4.69, 9.17) is 0 Å². The van der Waals surface area contributed by atoms with Crippen molar-refractivity contribution < 1.29 is 4.79 Å². The van der Waals surface area contributed by atoms with Gasteiger partial charge in [0.05, 0.1) is 5.69 Å². The molecule has 116 valence electrons. The fourth-order valence-electron chi connectivity index (χ4n) is 2.05. The van der Waals surface area contributed by atoms with Crippen LogP contribution < -0.4 is 5.32 Å². The zero-order valence-corrected chi connectivity index (χ0v) is 14.2. The van der Waals surface area contributed by atoms with E-state index in [1.54, 1.807) is 12.4 Å². The first-order chi connectivity index (χ1) is 10.6. The maximum Gasteiger partial charge on any atom is 0.225 e. The number of carbonyl (C=O) groups is 1. The third-order valence-electron chi connectivity index (χ3n) is 3.40. The molecule has 0 atom stereocenters. The summed E-state index contributed by atoms with van der Waals surface area (Å²) in [5.74, 6) is 0.0302. The lowest BCUT2D eigenvalue weighted by atomic mass is 10.2. The summed E-state index contributed by atoms with van der Waals surface area (Å²) in [5, 5.41) is 2.92. The summed E-state index contributed by atoms with van der Waals surface area (Å²) < 4.78 is 0.898. The second-order valence-electron chi connectivity index (χ2n) is 5.19. The normalized spacial score (nSPS) is 10.7. The van der Waals surface area contributed by atoms with E-state index in [2.05, 4.69) is 31.1 Å². The lowest BCUT2D eigenvalue weighted by Crippen LogP contribution is -2.26. The lowest BCUT2D eigenvalue weighted by Gasteiger charge is -2.16. The Morgan fingerprint density at radius 2 is 1.91 bits per heavy atom. The Morgan fingerprint density at radius 3 is 2.64 bits per heavy atom. The highest BCUT2D eigenvalue weighted by Crippen LogP contribution is 2.21. The molecular formula is C17H20BrN3O. The molecule has 4 nitrogen and oxygen atoms in total. The number of likely N-dealkylation sites (N-methyl/N-ethyl adjacent to an activating group) is 1. The minimum atomic E-state index is 0.0302. The van der Waals surface area contributed by atoms with Gasteiger partial charge in [-0.25, -0.2) is 0 Å². The molecule has 1 amide bonds. The summed E-state index contributed by atoms with van der Waals surface area (Å²) in [4.78, 5) is 18.2. The molecule has 1 aromatic carbocycles. The van der Waals surface area contributed by atoms with Gasteiger partial charge in [0.2, 0.25) is 5.91 Å². The fourth-order valence-corrected chi connectivity index (χ4v) is 2.43. The monoisotopic (exact) mass is 361 g/mol. The van der Waals surface area contributed by atoms with Crippen LogP contribution in [0.3, 0.4) is 0 Å². The highest BCUT2D eigenvalue weighted by molar-refractivity contribution is 9.10. The van der Waals surface area contributed by atoms with E-state index in [0.29, 0.717) is 6.42 Å². The standard InChI is InChI=1S/C17H20BrN3O/c1-21(12-8-14-6-10-19-11-7-14)13-9-17(22)20-16-5-3-2-4-15(16)18/h2-7,10-11H,8-9,12-13H2,1H3,(H,20,22). The number of halogens is 1. The number of para-hydroxylation sites is 1. The van der Waals surface area contributed by atoms with Crippen LogP contribution >= 0.6 is 15.9 Å². The Balaban J connectivity index is 1.71. The average Bonchev–Trinajstić information content (AvgIpc) is 2.54. The van der Waals surface area contributed by atoms with Crippen LogP contribution in [0.25, 0.3) is 0 Å². The molecule has 2 rings (SSSR count). The summed E-state index contributed by atoms with van der Waals surface area (Å²) in [6.07, 6.45) is 5.06. The van der Waals surface area contributed by atoms with Crippen LogP contribution in [0.4, 0.5) is 5.69 Å². The first kappa shape index (κ1) is 16.6. The van der Waals surface area contributed by atoms with Crippen LogP contribution in [0.15, 0.2) is 53.3 Å². The number of carbonyl (C=O) groups excluding carboxylic acids is 1. The van der Waals surface area contributed by atoms with Crippen molar-refractivity contribution in [1.29, 1.82) is 0 Å². The van der Waals surface area contributed by atoms with Gasteiger partial charge in [0.1, 0.15) is 0 Å². The van der Waals surface area contributed by atoms with Gasteiger partial charge in [-0.15, -0.1) is 0 Å². The summed E-state index contributed by atoms with van der Waals surface area (Å²) in [6, 6.07) is 11.7. The molecular weight excluding hydrogens is 342 g/mol. The molecule has 1 N–H and O–H groups in total. The van der Waals surface area contributed by atoms with Gasteiger partial charge in [0.15, 0.2) is 0 Å². The number of amides is 1. The third-order valence-corrected chi connectivity index (χ3v) is 4.09. The minimum absolute atomic E-state index is 0.0302. The Hall–Kier alpha value is -1.72. The number of rotatable bonds is 7. The summed E-state index contributed by atoms with van der Waals surface area (Å²) >= 11 is 3.43. The Bertz CT molecular complexity index is 604. The average molecular weight is 362 g/mol. The van der Waals surface area contributed by atoms with Crippen molar-refractivity contribution in [3.8, 4) is 0 Å². The molecule has 0 saturated carbocycles. The summed E-state index contributed by atoms with van der Waals surface area (Å²) in [7, 11) is 2.03. The second-order valence-corrected chi connectivity index (χ2v) is 6.04. The maximum atomic E-state index is 12.0. The summed E-state index contributed by atoms with van der Waals surface area (Å²) in [6.45, 7) is 1.66. The molecule has 0 aliphatic heterocycles. The van der Waals surface area contributed by atoms with Gasteiger partial charge >= 0.3 is 0 Å². The zero-order chi connectivity index (χ0) is 15.8. The van der Waals surface area contributed by atoms with E-state index in [0.717, 1.165) is 29.7 Å². The molecule has 0 radical (unpaired) electrons. The van der Waals surface area contributed by atoms with Gasteiger partial charge in [-0.1, -0.05) is 12.1 Å². The van der Waals surface area contributed by atoms with Crippen molar-refractivity contribution >= 4 is 27.5 Å². The Kier molecular flexibility index (Phi) is 6.55. The second kappa shape index (κ2) is 8.66. The van der Waals surface area contributed by atoms with Gasteiger partial charge in [-0.3, -0.25) is 9.78 Å². The first-order valence-electron chi connectivity index (χ1n) is 7.27. The van der Waals surface area contributed by atoms with Crippen LogP contribution in [0.1, 0.15) is 12.0 Å². The molecule has 5 heteroatoms. The van der Waals surface area contributed by atoms with Crippen LogP contribution in [0.5, 0.6) is 0 Å². The van der Waals surface area contributed by atoms with Crippen molar-refractivity contribution in [3.63, 3.8) is 0 Å². The van der Waals surface area contributed by atoms with E-state index >= 15 is 0 Å². The van der Waals surface area contributed by atoms with Crippen molar-refractivity contribution in [2.75, 3.05) is 25.5 Å². The Labute approximate surface area is 139 Å². The lowest BCUT2D eigenvalue weighted by molar-refractivity contribution is -0.116. The number of hydrogen-bond acceptors (Lipinski definition) is 3. The number of pyridine rings is 1. The van der Waals surface area contributed by atoms with Crippen LogP contribution in [0, 0.1) is 0 Å². The zero-order valence-electron chi connectivity index (χ0n) is 12.6. The van der Waals surface area contributed by atoms with Crippen LogP contribution in [-0.4, -0.2) is 35.9 Å². The minimum Gasteiger partial charge on any atom is -0.325 e. The van der Waals surface area contributed by atoms with Gasteiger partial charge in [-0.05, 0) is 59.2 Å². The predicted octanol–water partition coefficient (Wildman–Crippen LogP) is 3.35. The molecule has 0 aliphatic carbocycles. The van der Waals surface area contributed by atoms with Crippen molar-refractivity contribution in [3.05, 3.63) is 58.8 Å². The third kappa shape index (κ3) is 5.58. The van der Waals surface area contributed by atoms with E-state index in [1.165, 1.54) is 5.56 Å². The Morgan fingerprint density at radius 1 is 1.18 bits per heavy atom. The molecule has 0 spiro atoms. The summed E-state index contributed by atoms with van der Waals surface area (Å²) in [5.41, 5.74) is 2.08. The number of anilines is 1. The number of hydrogen-bond donors (Lipinski definition) is 1. The van der Waals surface area contributed by atoms with E-state index in [-0.39, 0.29) is 5.91 Å². The van der Waals surface area contributed by atoms with E-state index in [1.807, 2.05) is 43.4 Å². The fraction of sp³-hybridized carbons (Fsp3) is 0.294. The predicted molar refractivity (Wildman–Crippen MR) is 92.8 cm³/mol. The molecule has 0 unspecified atom stereocenters. The van der Waals surface area contributed by atoms with Crippen LogP contribution in [-0.2, 0) is 11.2 Å². The maximum absolute atomic E-state index is 12.0. The molecule has 0 bridgehead atoms. The largest absolute Gasteiger partial charge is 0.325 e. The van der Waals surface area contributed by atoms with Gasteiger partial charge in [-0.2, -0.15) is 0 Å². The number of nitrogens with one attached hydrogen (secondary N) is 1. The molecule has 1 heterocycles. The first-order valence-corrected chi connectivity index (χ1v) is 8.06. The molecule has 0 aliphatic rings. The quantitative estimate of drug-likeness (QED) is 0.822. The SMILES string of the molecule is CN(CCC(=O)Nc1ccccc1Br)CCc1ccncc1. The van der Waals surface area contributed by atoms with Crippen molar-refractivity contribution in [1.82, 2.24) is 9.88 Å². The van der Waals surface area contributed by atoms with Crippen LogP contribution in [0.2, 0.25) is 0 Å². The number of aromatic nitrogens is 1. The van der Waals surface area contributed by atoms with Gasteiger partial charge < -0.3 is 10.2 Å². The number of benzene rings is 1. The topological polar surface area (TPSA) is 45.2 Å². The van der Waals surface area contributed by atoms with Crippen molar-refractivity contribution in [2.45, 2.75) is 12.8 Å². The molecule has 0 fully saturated rings. The van der Waals surface area contributed by atoms with Gasteiger partial charge in [0, 0.05) is 36.4 Å². The van der Waals surface area contributed by atoms with Crippen molar-refractivity contribution in [2.24, 2.45) is 0 Å². The molecule has 0 saturated heterocycles. The highest BCUT2D eigenvalue weighted by atomic mass is 79.9.